The molecular weight excluding hydrogens is 340 g/mol. The van der Waals surface area contributed by atoms with E-state index in [2.05, 4.69) is 36.3 Å². The van der Waals surface area contributed by atoms with Crippen molar-refractivity contribution in [2.24, 2.45) is 11.7 Å². The first kappa shape index (κ1) is 18.9. The van der Waals surface area contributed by atoms with E-state index in [0.717, 1.165) is 11.1 Å². The highest BCUT2D eigenvalue weighted by Gasteiger charge is 2.27. The Morgan fingerprint density at radius 3 is 2.48 bits per heavy atom. The Hall–Kier alpha value is -2.89. The Balaban J connectivity index is 1.79. The zero-order chi connectivity index (χ0) is 19.4. The van der Waals surface area contributed by atoms with E-state index >= 15 is 0 Å². The number of piperidine rings is 1. The Morgan fingerprint density at radius 2 is 1.89 bits per heavy atom. The average molecular weight is 366 g/mol. The first-order valence-corrected chi connectivity index (χ1v) is 9.27. The molecule has 3 N–H and O–H groups in total. The van der Waals surface area contributed by atoms with Crippen LogP contribution < -0.4 is 11.1 Å². The Labute approximate surface area is 159 Å². The summed E-state index contributed by atoms with van der Waals surface area (Å²) in [5.41, 5.74) is 9.72. The number of hydrogen-bond acceptors (Lipinski definition) is 3. The number of urea groups is 1. The van der Waals surface area contributed by atoms with E-state index < -0.39 is 0 Å². The Bertz CT molecular complexity index is 814. The number of nitrogens with one attached hydrogen (secondary N) is 1. The number of nitrogens with zero attached hydrogens (tertiary/aromatic N) is 2. The van der Waals surface area contributed by atoms with Crippen LogP contribution in [0.4, 0.5) is 4.79 Å². The SMILES string of the molecule is Cc1ccc([C@@H](NC(=O)N2CCC(C(N)=O)CC2)c2cccnc2)cc1C. The number of benzene rings is 1. The minimum absolute atomic E-state index is 0.134. The molecule has 1 saturated heterocycles. The zero-order valence-electron chi connectivity index (χ0n) is 15.8. The van der Waals surface area contributed by atoms with E-state index in [4.69, 9.17) is 5.73 Å². The third-order valence-corrected chi connectivity index (χ3v) is 5.33. The summed E-state index contributed by atoms with van der Waals surface area (Å²) in [5.74, 6) is -0.415. The van der Waals surface area contributed by atoms with Crippen molar-refractivity contribution in [1.82, 2.24) is 15.2 Å². The fourth-order valence-electron chi connectivity index (χ4n) is 3.43. The molecule has 6 heteroatoms. The van der Waals surface area contributed by atoms with Crippen molar-refractivity contribution >= 4 is 11.9 Å². The van der Waals surface area contributed by atoms with Gasteiger partial charge >= 0.3 is 6.03 Å². The van der Waals surface area contributed by atoms with Gasteiger partial charge in [-0.3, -0.25) is 9.78 Å². The third-order valence-electron chi connectivity index (χ3n) is 5.33. The molecule has 2 heterocycles. The average Bonchev–Trinajstić information content (AvgIpc) is 2.69. The number of aryl methyl sites for hydroxylation is 2. The van der Waals surface area contributed by atoms with E-state index in [0.29, 0.717) is 25.9 Å². The fourth-order valence-corrected chi connectivity index (χ4v) is 3.43. The van der Waals surface area contributed by atoms with Crippen LogP contribution in [-0.2, 0) is 4.79 Å². The molecule has 27 heavy (non-hydrogen) atoms. The number of carbonyl (C=O) groups is 2. The smallest absolute Gasteiger partial charge is 0.318 e. The summed E-state index contributed by atoms with van der Waals surface area (Å²) in [6, 6.07) is 9.63. The summed E-state index contributed by atoms with van der Waals surface area (Å²) >= 11 is 0. The van der Waals surface area contributed by atoms with Gasteiger partial charge in [0, 0.05) is 31.4 Å². The quantitative estimate of drug-likeness (QED) is 0.872. The Kier molecular flexibility index (Phi) is 5.74. The van der Waals surface area contributed by atoms with Gasteiger partial charge in [-0.15, -0.1) is 0 Å². The van der Waals surface area contributed by atoms with Crippen LogP contribution in [0.15, 0.2) is 42.7 Å². The van der Waals surface area contributed by atoms with Crippen LogP contribution in [-0.4, -0.2) is 34.9 Å². The Morgan fingerprint density at radius 1 is 1.15 bits per heavy atom. The molecule has 3 rings (SSSR count). The highest BCUT2D eigenvalue weighted by molar-refractivity contribution is 5.78. The first-order chi connectivity index (χ1) is 13.0. The number of amides is 3. The van der Waals surface area contributed by atoms with Crippen LogP contribution in [0.25, 0.3) is 0 Å². The number of aromatic nitrogens is 1. The largest absolute Gasteiger partial charge is 0.369 e. The lowest BCUT2D eigenvalue weighted by Gasteiger charge is -2.32. The maximum absolute atomic E-state index is 12.9. The van der Waals surface area contributed by atoms with Gasteiger partial charge in [-0.05, 0) is 55.0 Å². The molecule has 0 saturated carbocycles. The highest BCUT2D eigenvalue weighted by Crippen LogP contribution is 2.25. The van der Waals surface area contributed by atoms with E-state index in [1.54, 1.807) is 17.3 Å². The van der Waals surface area contributed by atoms with E-state index in [1.165, 1.54) is 11.1 Å². The highest BCUT2D eigenvalue weighted by atomic mass is 16.2. The molecule has 0 aliphatic carbocycles. The molecule has 1 aliphatic rings. The minimum Gasteiger partial charge on any atom is -0.369 e. The summed E-state index contributed by atoms with van der Waals surface area (Å²) in [6.07, 6.45) is 4.73. The van der Waals surface area contributed by atoms with Crippen LogP contribution in [0.3, 0.4) is 0 Å². The van der Waals surface area contributed by atoms with Crippen LogP contribution in [0.1, 0.15) is 41.1 Å². The summed E-state index contributed by atoms with van der Waals surface area (Å²) < 4.78 is 0. The second-order valence-corrected chi connectivity index (χ2v) is 7.18. The standard InChI is InChI=1S/C21H26N4O2/c1-14-5-6-17(12-15(14)2)19(18-4-3-9-23-13-18)24-21(27)25-10-7-16(8-11-25)20(22)26/h3-6,9,12-13,16,19H,7-8,10-11H2,1-2H3,(H2,22,26)(H,24,27)/t19-/m1/s1. The number of pyridine rings is 1. The lowest BCUT2D eigenvalue weighted by molar-refractivity contribution is -0.123. The third kappa shape index (κ3) is 4.45. The van der Waals surface area contributed by atoms with Crippen LogP contribution in [0, 0.1) is 19.8 Å². The molecule has 1 aromatic carbocycles. The lowest BCUT2D eigenvalue weighted by atomic mass is 9.95. The lowest BCUT2D eigenvalue weighted by Crippen LogP contribution is -2.47. The molecule has 1 atom stereocenters. The topological polar surface area (TPSA) is 88.3 Å². The molecular formula is C21H26N4O2. The number of nitrogens with two attached hydrogens (primary N) is 1. The molecule has 1 fully saturated rings. The summed E-state index contributed by atoms with van der Waals surface area (Å²) in [4.78, 5) is 30.2. The zero-order valence-corrected chi connectivity index (χ0v) is 15.8. The van der Waals surface area contributed by atoms with Gasteiger partial charge in [-0.25, -0.2) is 4.79 Å². The predicted octanol–water partition coefficient (Wildman–Crippen LogP) is 2.69. The van der Waals surface area contributed by atoms with Gasteiger partial charge in [0.15, 0.2) is 0 Å². The number of primary amides is 1. The van der Waals surface area contributed by atoms with Crippen LogP contribution >= 0.6 is 0 Å². The maximum Gasteiger partial charge on any atom is 0.318 e. The minimum atomic E-state index is -0.279. The van der Waals surface area contributed by atoms with Crippen molar-refractivity contribution in [3.8, 4) is 0 Å². The van der Waals surface area contributed by atoms with Crippen molar-refractivity contribution in [3.63, 3.8) is 0 Å². The molecule has 2 aromatic rings. The molecule has 1 aromatic heterocycles. The van der Waals surface area contributed by atoms with Crippen LogP contribution in [0.5, 0.6) is 0 Å². The summed E-state index contributed by atoms with van der Waals surface area (Å²) in [7, 11) is 0. The predicted molar refractivity (Wildman–Crippen MR) is 104 cm³/mol. The molecule has 1 aliphatic heterocycles. The van der Waals surface area contributed by atoms with Crippen LogP contribution in [0.2, 0.25) is 0 Å². The van der Waals surface area contributed by atoms with Crippen molar-refractivity contribution in [3.05, 3.63) is 65.0 Å². The van der Waals surface area contributed by atoms with Gasteiger partial charge in [-0.1, -0.05) is 24.3 Å². The van der Waals surface area contributed by atoms with Crippen molar-refractivity contribution < 1.29 is 9.59 Å². The number of hydrogen-bond donors (Lipinski definition) is 2. The number of carbonyl (C=O) groups excluding carboxylic acids is 2. The second kappa shape index (κ2) is 8.20. The second-order valence-electron chi connectivity index (χ2n) is 7.18. The van der Waals surface area contributed by atoms with Gasteiger partial charge in [0.25, 0.3) is 0 Å². The first-order valence-electron chi connectivity index (χ1n) is 9.27. The molecule has 0 radical (unpaired) electrons. The normalized spacial score (nSPS) is 16.0. The summed E-state index contributed by atoms with van der Waals surface area (Å²) in [5, 5.41) is 3.14. The van der Waals surface area contributed by atoms with E-state index in [9.17, 15) is 9.59 Å². The number of rotatable bonds is 4. The van der Waals surface area contributed by atoms with Gasteiger partial charge in [0.1, 0.15) is 0 Å². The van der Waals surface area contributed by atoms with E-state index in [-0.39, 0.29) is 23.9 Å². The molecule has 3 amide bonds. The number of likely N-dealkylation sites (tertiary alicyclic amines) is 1. The van der Waals surface area contributed by atoms with Crippen molar-refractivity contribution in [1.29, 1.82) is 0 Å². The maximum atomic E-state index is 12.9. The summed E-state index contributed by atoms with van der Waals surface area (Å²) in [6.45, 7) is 5.20. The molecule has 0 bridgehead atoms. The molecule has 0 spiro atoms. The molecule has 142 valence electrons. The van der Waals surface area contributed by atoms with Gasteiger partial charge in [0.2, 0.25) is 5.91 Å². The fraction of sp³-hybridized carbons (Fsp3) is 0.381. The monoisotopic (exact) mass is 366 g/mol. The van der Waals surface area contributed by atoms with Gasteiger partial charge in [-0.2, -0.15) is 0 Å². The van der Waals surface area contributed by atoms with Crippen molar-refractivity contribution in [2.75, 3.05) is 13.1 Å². The van der Waals surface area contributed by atoms with Gasteiger partial charge in [0.05, 0.1) is 6.04 Å². The van der Waals surface area contributed by atoms with Gasteiger partial charge < -0.3 is 16.0 Å². The van der Waals surface area contributed by atoms with E-state index in [1.807, 2.05) is 18.2 Å². The molecule has 0 unspecified atom stereocenters. The molecule has 6 nitrogen and oxygen atoms in total. The van der Waals surface area contributed by atoms with Crippen molar-refractivity contribution in [2.45, 2.75) is 32.7 Å².